The van der Waals surface area contributed by atoms with Gasteiger partial charge in [-0.25, -0.2) is 4.79 Å². The number of amides is 1. The van der Waals surface area contributed by atoms with Gasteiger partial charge in [0.05, 0.1) is 0 Å². The molecule has 5 nitrogen and oxygen atoms in total. The molecule has 1 aromatic carbocycles. The van der Waals surface area contributed by atoms with E-state index in [4.69, 9.17) is 9.84 Å². The minimum atomic E-state index is -1.05. The van der Waals surface area contributed by atoms with Crippen LogP contribution in [0.4, 0.5) is 0 Å². The van der Waals surface area contributed by atoms with E-state index in [1.165, 1.54) is 11.0 Å². The van der Waals surface area contributed by atoms with Gasteiger partial charge in [-0.2, -0.15) is 0 Å². The molecule has 6 heteroatoms. The van der Waals surface area contributed by atoms with Crippen molar-refractivity contribution < 1.29 is 19.4 Å². The summed E-state index contributed by atoms with van der Waals surface area (Å²) >= 11 is 3.36. The molecule has 1 unspecified atom stereocenters. The molecule has 0 saturated carbocycles. The number of halogens is 1. The summed E-state index contributed by atoms with van der Waals surface area (Å²) in [7, 11) is 3.31. The normalized spacial score (nSPS) is 12.2. The lowest BCUT2D eigenvalue weighted by atomic mass is 10.1. The SMILES string of the molecule is Cc1cc(Br)cc(/C=C/C(=O)O)c1OC(C)C(=O)N(C)C. The summed E-state index contributed by atoms with van der Waals surface area (Å²) in [5.41, 5.74) is 1.41. The van der Waals surface area contributed by atoms with Crippen molar-refractivity contribution in [1.82, 2.24) is 4.90 Å². The van der Waals surface area contributed by atoms with Crippen LogP contribution in [-0.4, -0.2) is 42.1 Å². The molecular formula is C15H18BrNO4. The molecule has 0 aromatic heterocycles. The molecule has 1 rings (SSSR count). The quantitative estimate of drug-likeness (QED) is 0.824. The zero-order valence-corrected chi connectivity index (χ0v) is 14.0. The maximum atomic E-state index is 11.9. The lowest BCUT2D eigenvalue weighted by Crippen LogP contribution is -2.35. The number of hydrogen-bond donors (Lipinski definition) is 1. The van der Waals surface area contributed by atoms with Crippen molar-refractivity contribution in [2.75, 3.05) is 14.1 Å². The van der Waals surface area contributed by atoms with Gasteiger partial charge in [0.1, 0.15) is 5.75 Å². The second-order valence-electron chi connectivity index (χ2n) is 4.81. The van der Waals surface area contributed by atoms with Crippen LogP contribution >= 0.6 is 15.9 Å². The predicted molar refractivity (Wildman–Crippen MR) is 84.3 cm³/mol. The molecule has 1 aromatic rings. The average Bonchev–Trinajstić information content (AvgIpc) is 2.38. The minimum Gasteiger partial charge on any atom is -0.480 e. The Morgan fingerprint density at radius 2 is 2.00 bits per heavy atom. The van der Waals surface area contributed by atoms with Crippen molar-refractivity contribution >= 4 is 33.9 Å². The molecule has 0 fully saturated rings. The molecule has 0 aliphatic heterocycles. The van der Waals surface area contributed by atoms with Crippen LogP contribution in [0, 0.1) is 6.92 Å². The van der Waals surface area contributed by atoms with E-state index < -0.39 is 12.1 Å². The summed E-state index contributed by atoms with van der Waals surface area (Å²) in [6, 6.07) is 3.59. The Balaban J connectivity index is 3.15. The molecule has 1 atom stereocenters. The number of likely N-dealkylation sites (N-methyl/N-ethyl adjacent to an activating group) is 1. The Kier molecular flexibility index (Phi) is 5.96. The monoisotopic (exact) mass is 355 g/mol. The summed E-state index contributed by atoms with van der Waals surface area (Å²) in [6.07, 6.45) is 1.83. The molecule has 0 spiro atoms. The molecule has 0 radical (unpaired) electrons. The van der Waals surface area contributed by atoms with Crippen molar-refractivity contribution in [1.29, 1.82) is 0 Å². The van der Waals surface area contributed by atoms with Gasteiger partial charge in [0.25, 0.3) is 5.91 Å². The zero-order chi connectivity index (χ0) is 16.2. The highest BCUT2D eigenvalue weighted by Crippen LogP contribution is 2.30. The van der Waals surface area contributed by atoms with Gasteiger partial charge >= 0.3 is 5.97 Å². The number of carbonyl (C=O) groups excluding carboxylic acids is 1. The number of ether oxygens (including phenoxy) is 1. The van der Waals surface area contributed by atoms with Crippen LogP contribution in [0.3, 0.4) is 0 Å². The summed E-state index contributed by atoms with van der Waals surface area (Å²) in [6.45, 7) is 3.50. The second kappa shape index (κ2) is 7.26. The average molecular weight is 356 g/mol. The first kappa shape index (κ1) is 17.2. The van der Waals surface area contributed by atoms with Crippen LogP contribution < -0.4 is 4.74 Å². The maximum absolute atomic E-state index is 11.9. The Labute approximate surface area is 132 Å². The summed E-state index contributed by atoms with van der Waals surface area (Å²) in [5.74, 6) is -0.708. The minimum absolute atomic E-state index is 0.162. The lowest BCUT2D eigenvalue weighted by molar-refractivity contribution is -0.135. The summed E-state index contributed by atoms with van der Waals surface area (Å²) in [5, 5.41) is 8.75. The van der Waals surface area contributed by atoms with Crippen LogP contribution in [-0.2, 0) is 9.59 Å². The van der Waals surface area contributed by atoms with E-state index in [2.05, 4.69) is 15.9 Å². The Morgan fingerprint density at radius 3 is 2.52 bits per heavy atom. The number of aliphatic carboxylic acids is 1. The fourth-order valence-electron chi connectivity index (χ4n) is 1.79. The van der Waals surface area contributed by atoms with Crippen molar-refractivity contribution in [2.45, 2.75) is 20.0 Å². The van der Waals surface area contributed by atoms with Crippen molar-refractivity contribution in [3.05, 3.63) is 33.8 Å². The van der Waals surface area contributed by atoms with E-state index in [0.29, 0.717) is 11.3 Å². The third-order valence-electron chi connectivity index (χ3n) is 2.76. The molecule has 0 heterocycles. The smallest absolute Gasteiger partial charge is 0.328 e. The standard InChI is InChI=1S/C15H18BrNO4/c1-9-7-12(16)8-11(5-6-13(18)19)14(9)21-10(2)15(20)17(3)4/h5-8,10H,1-4H3,(H,18,19)/b6-5+. The lowest BCUT2D eigenvalue weighted by Gasteiger charge is -2.21. The van der Waals surface area contributed by atoms with Crippen molar-refractivity contribution in [3.8, 4) is 5.75 Å². The molecule has 0 saturated heterocycles. The van der Waals surface area contributed by atoms with E-state index in [9.17, 15) is 9.59 Å². The van der Waals surface area contributed by atoms with Gasteiger partial charge in [-0.1, -0.05) is 15.9 Å². The first-order valence-electron chi connectivity index (χ1n) is 6.31. The molecule has 0 bridgehead atoms. The van der Waals surface area contributed by atoms with E-state index >= 15 is 0 Å². The Hall–Kier alpha value is -1.82. The van der Waals surface area contributed by atoms with Crippen LogP contribution in [0.5, 0.6) is 5.75 Å². The molecule has 21 heavy (non-hydrogen) atoms. The third-order valence-corrected chi connectivity index (χ3v) is 3.21. The molecular weight excluding hydrogens is 338 g/mol. The van der Waals surface area contributed by atoms with Crippen LogP contribution in [0.15, 0.2) is 22.7 Å². The number of carbonyl (C=O) groups is 2. The van der Waals surface area contributed by atoms with E-state index in [1.807, 2.05) is 13.0 Å². The summed E-state index contributed by atoms with van der Waals surface area (Å²) < 4.78 is 6.54. The van der Waals surface area contributed by atoms with Gasteiger partial charge in [-0.3, -0.25) is 4.79 Å². The van der Waals surface area contributed by atoms with Crippen LogP contribution in [0.1, 0.15) is 18.1 Å². The van der Waals surface area contributed by atoms with Gasteiger partial charge in [-0.15, -0.1) is 0 Å². The number of rotatable bonds is 5. The second-order valence-corrected chi connectivity index (χ2v) is 5.72. The molecule has 0 aliphatic carbocycles. The highest BCUT2D eigenvalue weighted by atomic mass is 79.9. The fraction of sp³-hybridized carbons (Fsp3) is 0.333. The third kappa shape index (κ3) is 4.90. The number of carboxylic acids is 1. The molecule has 0 aliphatic rings. The van der Waals surface area contributed by atoms with Gasteiger partial charge in [0.15, 0.2) is 6.10 Å². The predicted octanol–water partition coefficient (Wildman–Crippen LogP) is 2.71. The molecule has 114 valence electrons. The van der Waals surface area contributed by atoms with E-state index in [0.717, 1.165) is 16.1 Å². The number of benzene rings is 1. The van der Waals surface area contributed by atoms with Gasteiger partial charge in [0.2, 0.25) is 0 Å². The van der Waals surface area contributed by atoms with Crippen molar-refractivity contribution in [2.24, 2.45) is 0 Å². The maximum Gasteiger partial charge on any atom is 0.328 e. The first-order chi connectivity index (χ1) is 9.72. The van der Waals surface area contributed by atoms with E-state index in [-0.39, 0.29) is 5.91 Å². The van der Waals surface area contributed by atoms with Crippen LogP contribution in [0.25, 0.3) is 6.08 Å². The van der Waals surface area contributed by atoms with E-state index in [1.54, 1.807) is 27.1 Å². The Bertz CT molecular complexity index is 581. The number of hydrogen-bond acceptors (Lipinski definition) is 3. The zero-order valence-electron chi connectivity index (χ0n) is 12.4. The number of nitrogens with zero attached hydrogens (tertiary/aromatic N) is 1. The van der Waals surface area contributed by atoms with Gasteiger partial charge in [-0.05, 0) is 37.6 Å². The number of aryl methyl sites for hydroxylation is 1. The van der Waals surface area contributed by atoms with Gasteiger partial charge < -0.3 is 14.7 Å². The van der Waals surface area contributed by atoms with Crippen molar-refractivity contribution in [3.63, 3.8) is 0 Å². The molecule has 1 N–H and O–H groups in total. The first-order valence-corrected chi connectivity index (χ1v) is 7.10. The highest BCUT2D eigenvalue weighted by Gasteiger charge is 2.19. The molecule has 1 amide bonds. The highest BCUT2D eigenvalue weighted by molar-refractivity contribution is 9.10. The largest absolute Gasteiger partial charge is 0.480 e. The van der Waals surface area contributed by atoms with Crippen LogP contribution in [0.2, 0.25) is 0 Å². The topological polar surface area (TPSA) is 66.8 Å². The summed E-state index contributed by atoms with van der Waals surface area (Å²) in [4.78, 5) is 24.0. The van der Waals surface area contributed by atoms with Gasteiger partial charge in [0, 0.05) is 30.2 Å². The Morgan fingerprint density at radius 1 is 1.38 bits per heavy atom. The number of carboxylic acid groups (broad SMARTS) is 1. The fourth-order valence-corrected chi connectivity index (χ4v) is 2.38.